The lowest BCUT2D eigenvalue weighted by molar-refractivity contribution is -0.133. The van der Waals surface area contributed by atoms with E-state index in [2.05, 4.69) is 10.3 Å². The van der Waals surface area contributed by atoms with Crippen molar-refractivity contribution < 1.29 is 19.1 Å². The third-order valence-electron chi connectivity index (χ3n) is 5.71. The highest BCUT2D eigenvalue weighted by molar-refractivity contribution is 6.06. The summed E-state index contributed by atoms with van der Waals surface area (Å²) in [5.41, 5.74) is 0.708. The molecular weight excluding hydrogens is 408 g/mol. The lowest BCUT2D eigenvalue weighted by atomic mass is 9.93. The maximum absolute atomic E-state index is 13.6. The average Bonchev–Trinajstić information content (AvgIpc) is 3.24. The first-order valence-corrected chi connectivity index (χ1v) is 10.3. The molecule has 0 fully saturated rings. The summed E-state index contributed by atoms with van der Waals surface area (Å²) in [5.74, 6) is -1.43. The molecule has 8 heteroatoms. The van der Waals surface area contributed by atoms with Gasteiger partial charge in [-0.3, -0.25) is 9.59 Å². The average molecular weight is 432 g/mol. The monoisotopic (exact) mass is 432 g/mol. The maximum Gasteiger partial charge on any atom is 0.359 e. The molecule has 4 rings (SSSR count). The van der Waals surface area contributed by atoms with Crippen LogP contribution in [0.2, 0.25) is 0 Å². The van der Waals surface area contributed by atoms with Crippen LogP contribution >= 0.6 is 0 Å². The van der Waals surface area contributed by atoms with E-state index >= 15 is 0 Å². The van der Waals surface area contributed by atoms with Crippen molar-refractivity contribution in [3.63, 3.8) is 0 Å². The van der Waals surface area contributed by atoms with Crippen LogP contribution < -0.4 is 5.32 Å². The lowest BCUT2D eigenvalue weighted by Crippen LogP contribution is -2.63. The van der Waals surface area contributed by atoms with Gasteiger partial charge in [0.05, 0.1) is 20.0 Å². The number of fused-ring (bicyclic) bond motifs is 1. The minimum absolute atomic E-state index is 0.0534. The van der Waals surface area contributed by atoms with E-state index in [4.69, 9.17) is 4.74 Å². The van der Waals surface area contributed by atoms with Crippen molar-refractivity contribution in [3.8, 4) is 0 Å². The number of ether oxygens (including phenoxy) is 1. The lowest BCUT2D eigenvalue weighted by Gasteiger charge is -2.43. The summed E-state index contributed by atoms with van der Waals surface area (Å²) in [4.78, 5) is 44.8. The number of carbonyl (C=O) groups is 3. The van der Waals surface area contributed by atoms with Crippen molar-refractivity contribution in [2.75, 3.05) is 7.11 Å². The van der Waals surface area contributed by atoms with Crippen LogP contribution in [-0.2, 0) is 29.2 Å². The molecule has 0 aliphatic carbocycles. The standard InChI is InChI=1S/C24H24N4O4/c1-24(23(31)25-13-17-9-5-3-6-10-17)15-27-16-26-19(22(30)32-2)20(27)21(29)28(24)14-18-11-7-4-8-12-18/h3-12,16H,13-15H2,1-2H3,(H,25,31). The van der Waals surface area contributed by atoms with Crippen molar-refractivity contribution >= 4 is 17.8 Å². The molecule has 3 aromatic rings. The number of aromatic nitrogens is 2. The molecule has 1 N–H and O–H groups in total. The van der Waals surface area contributed by atoms with Crippen molar-refractivity contribution in [1.82, 2.24) is 19.8 Å². The number of hydrogen-bond acceptors (Lipinski definition) is 5. The summed E-state index contributed by atoms with van der Waals surface area (Å²) in [7, 11) is 1.24. The van der Waals surface area contributed by atoms with Crippen LogP contribution in [0.5, 0.6) is 0 Å². The minimum atomic E-state index is -1.19. The van der Waals surface area contributed by atoms with E-state index in [1.165, 1.54) is 18.3 Å². The number of methoxy groups -OCH3 is 1. The Bertz CT molecular complexity index is 1140. The first kappa shape index (κ1) is 21.3. The van der Waals surface area contributed by atoms with Gasteiger partial charge in [0.15, 0.2) is 5.69 Å². The molecule has 32 heavy (non-hydrogen) atoms. The Kier molecular flexibility index (Phi) is 5.77. The summed E-state index contributed by atoms with van der Waals surface area (Å²) in [6, 6.07) is 19.0. The third-order valence-corrected chi connectivity index (χ3v) is 5.71. The number of rotatable bonds is 6. The molecule has 1 aliphatic rings. The molecule has 2 heterocycles. The number of benzene rings is 2. The van der Waals surface area contributed by atoms with E-state index in [1.807, 2.05) is 60.7 Å². The highest BCUT2D eigenvalue weighted by atomic mass is 16.5. The van der Waals surface area contributed by atoms with Crippen molar-refractivity contribution in [3.05, 3.63) is 89.5 Å². The van der Waals surface area contributed by atoms with E-state index in [0.29, 0.717) is 6.54 Å². The Morgan fingerprint density at radius 3 is 2.31 bits per heavy atom. The molecule has 0 bridgehead atoms. The molecular formula is C24H24N4O4. The Morgan fingerprint density at radius 2 is 1.69 bits per heavy atom. The number of imidazole rings is 1. The van der Waals surface area contributed by atoms with Gasteiger partial charge < -0.3 is 19.5 Å². The highest BCUT2D eigenvalue weighted by Gasteiger charge is 2.48. The maximum atomic E-state index is 13.6. The quantitative estimate of drug-likeness (QED) is 0.604. The summed E-state index contributed by atoms with van der Waals surface area (Å²) in [6.45, 7) is 2.44. The zero-order valence-electron chi connectivity index (χ0n) is 17.9. The van der Waals surface area contributed by atoms with Gasteiger partial charge in [-0.15, -0.1) is 0 Å². The van der Waals surface area contributed by atoms with Gasteiger partial charge in [0.25, 0.3) is 5.91 Å². The van der Waals surface area contributed by atoms with Gasteiger partial charge in [-0.05, 0) is 18.1 Å². The predicted molar refractivity (Wildman–Crippen MR) is 117 cm³/mol. The van der Waals surface area contributed by atoms with Crippen molar-refractivity contribution in [2.45, 2.75) is 32.1 Å². The molecule has 8 nitrogen and oxygen atoms in total. The number of nitrogens with one attached hydrogen (secondary N) is 1. The van der Waals surface area contributed by atoms with E-state index in [0.717, 1.165) is 11.1 Å². The first-order chi connectivity index (χ1) is 15.4. The molecule has 2 amide bonds. The van der Waals surface area contributed by atoms with Crippen LogP contribution in [0.4, 0.5) is 0 Å². The fourth-order valence-electron chi connectivity index (χ4n) is 3.92. The SMILES string of the molecule is COC(=O)c1ncn2c1C(=O)N(Cc1ccccc1)C(C)(C(=O)NCc1ccccc1)C2. The zero-order chi connectivity index (χ0) is 22.7. The van der Waals surface area contributed by atoms with Gasteiger partial charge in [-0.25, -0.2) is 9.78 Å². The van der Waals surface area contributed by atoms with Crippen molar-refractivity contribution in [2.24, 2.45) is 0 Å². The number of nitrogens with zero attached hydrogens (tertiary/aromatic N) is 3. The number of esters is 1. The molecule has 164 valence electrons. The van der Waals surface area contributed by atoms with Crippen molar-refractivity contribution in [1.29, 1.82) is 0 Å². The molecule has 1 aromatic heterocycles. The summed E-state index contributed by atoms with van der Waals surface area (Å²) in [6.07, 6.45) is 1.40. The third kappa shape index (κ3) is 3.87. The van der Waals surface area contributed by atoms with Gasteiger partial charge in [0.2, 0.25) is 5.91 Å². The van der Waals surface area contributed by atoms with Crippen LogP contribution in [-0.4, -0.2) is 44.9 Å². The van der Waals surface area contributed by atoms with E-state index < -0.39 is 17.4 Å². The number of amides is 2. The molecule has 0 spiro atoms. The minimum Gasteiger partial charge on any atom is -0.464 e. The normalized spacial score (nSPS) is 17.6. The first-order valence-electron chi connectivity index (χ1n) is 10.3. The smallest absolute Gasteiger partial charge is 0.359 e. The Labute approximate surface area is 185 Å². The second kappa shape index (κ2) is 8.66. The molecule has 2 aromatic carbocycles. The Morgan fingerprint density at radius 1 is 1.06 bits per heavy atom. The van der Waals surface area contributed by atoms with Gasteiger partial charge in [-0.2, -0.15) is 0 Å². The second-order valence-corrected chi connectivity index (χ2v) is 7.88. The molecule has 0 radical (unpaired) electrons. The fraction of sp³-hybridized carbons (Fsp3) is 0.250. The summed E-state index contributed by atoms with van der Waals surface area (Å²) < 4.78 is 6.34. The topological polar surface area (TPSA) is 93.5 Å². The summed E-state index contributed by atoms with van der Waals surface area (Å²) >= 11 is 0. The zero-order valence-corrected chi connectivity index (χ0v) is 17.9. The van der Waals surface area contributed by atoms with Gasteiger partial charge >= 0.3 is 5.97 Å². The molecule has 1 atom stereocenters. The van der Waals surface area contributed by atoms with Gasteiger partial charge in [0.1, 0.15) is 11.2 Å². The molecule has 1 unspecified atom stereocenters. The molecule has 0 saturated carbocycles. The van der Waals surface area contributed by atoms with Crippen LogP contribution in [0.1, 0.15) is 39.0 Å². The second-order valence-electron chi connectivity index (χ2n) is 7.88. The molecule has 0 saturated heterocycles. The number of carbonyl (C=O) groups excluding carboxylic acids is 3. The van der Waals surface area contributed by atoms with E-state index in [1.54, 1.807) is 11.5 Å². The largest absolute Gasteiger partial charge is 0.464 e. The fourth-order valence-corrected chi connectivity index (χ4v) is 3.92. The van der Waals surface area contributed by atoms with E-state index in [9.17, 15) is 14.4 Å². The van der Waals surface area contributed by atoms with Crippen LogP contribution in [0, 0.1) is 0 Å². The van der Waals surface area contributed by atoms with Gasteiger partial charge in [0, 0.05) is 13.1 Å². The Balaban J connectivity index is 1.69. The molecule has 1 aliphatic heterocycles. The van der Waals surface area contributed by atoms with E-state index in [-0.39, 0.29) is 30.4 Å². The van der Waals surface area contributed by atoms with Crippen LogP contribution in [0.3, 0.4) is 0 Å². The summed E-state index contributed by atoms with van der Waals surface area (Å²) in [5, 5.41) is 2.96. The Hall–Kier alpha value is -3.94. The van der Waals surface area contributed by atoms with Crippen LogP contribution in [0.15, 0.2) is 67.0 Å². The number of hydrogen-bond donors (Lipinski definition) is 1. The predicted octanol–water partition coefficient (Wildman–Crippen LogP) is 2.40. The highest BCUT2D eigenvalue weighted by Crippen LogP contribution is 2.30. The van der Waals surface area contributed by atoms with Crippen LogP contribution in [0.25, 0.3) is 0 Å². The van der Waals surface area contributed by atoms with Gasteiger partial charge in [-0.1, -0.05) is 60.7 Å².